The molecule has 1 unspecified atom stereocenters. The van der Waals surface area contributed by atoms with Gasteiger partial charge >= 0.3 is 17.9 Å². The van der Waals surface area contributed by atoms with Crippen molar-refractivity contribution in [2.24, 2.45) is 0 Å². The van der Waals surface area contributed by atoms with Crippen LogP contribution in [0.15, 0.2) is 182 Å². The van der Waals surface area contributed by atoms with E-state index in [0.717, 1.165) is 199 Å². The molecule has 0 saturated heterocycles. The second-order valence-electron chi connectivity index (χ2n) is 20.9. The van der Waals surface area contributed by atoms with Crippen LogP contribution in [0.2, 0.25) is 0 Å². The van der Waals surface area contributed by atoms with Crippen LogP contribution in [0.3, 0.4) is 0 Å². The molecule has 0 fully saturated rings. The predicted molar refractivity (Wildman–Crippen MR) is 357 cm³/mol. The lowest BCUT2D eigenvalue weighted by molar-refractivity contribution is -0.167. The maximum Gasteiger partial charge on any atom is 0.306 e. The Morgan fingerprint density at radius 2 is 0.476 bits per heavy atom. The van der Waals surface area contributed by atoms with E-state index in [1.165, 1.54) is 19.3 Å². The Morgan fingerprint density at radius 1 is 0.256 bits per heavy atom. The molecule has 82 heavy (non-hydrogen) atoms. The minimum Gasteiger partial charge on any atom is -0.462 e. The van der Waals surface area contributed by atoms with Crippen LogP contribution in [0.5, 0.6) is 0 Å². The van der Waals surface area contributed by atoms with Gasteiger partial charge in [-0.1, -0.05) is 267 Å². The molecule has 6 heteroatoms. The highest BCUT2D eigenvalue weighted by Crippen LogP contribution is 2.13. The Kier molecular flexibility index (Phi) is 63.5. The summed E-state index contributed by atoms with van der Waals surface area (Å²) in [5.74, 6) is -0.973. The SMILES string of the molecule is CC/C=C\C/C=C\C/C=C\C/C=C\C/C=C\C/C=C\C/C=C\C/C=C\C/C=C\CCCCCCCC(=O)OCC(COC(=O)CCCCCCC/C=C\C/C=C\CCCC)OC(=O)CCCCCC/C=C\C/C=C\C/C=C\C/C=C\CC. The van der Waals surface area contributed by atoms with E-state index in [9.17, 15) is 14.4 Å². The zero-order chi connectivity index (χ0) is 59.2. The predicted octanol–water partition coefficient (Wildman–Crippen LogP) is 22.8. The Bertz CT molecular complexity index is 1920. The van der Waals surface area contributed by atoms with Crippen molar-refractivity contribution in [3.05, 3.63) is 182 Å². The van der Waals surface area contributed by atoms with Crippen LogP contribution in [0, 0.1) is 0 Å². The number of hydrogen-bond acceptors (Lipinski definition) is 6. The molecule has 0 aromatic heterocycles. The van der Waals surface area contributed by atoms with Gasteiger partial charge in [0.1, 0.15) is 13.2 Å². The van der Waals surface area contributed by atoms with Gasteiger partial charge in [-0.3, -0.25) is 14.4 Å². The van der Waals surface area contributed by atoms with Gasteiger partial charge in [-0.2, -0.15) is 0 Å². The summed E-state index contributed by atoms with van der Waals surface area (Å²) in [5, 5.41) is 0. The molecule has 0 heterocycles. The molecular weight excluding hydrogens is 1010 g/mol. The Balaban J connectivity index is 4.41. The third-order valence-electron chi connectivity index (χ3n) is 13.1. The molecule has 0 aromatic carbocycles. The molecule has 458 valence electrons. The Morgan fingerprint density at radius 3 is 0.744 bits per heavy atom. The van der Waals surface area contributed by atoms with Gasteiger partial charge < -0.3 is 14.2 Å². The van der Waals surface area contributed by atoms with E-state index in [4.69, 9.17) is 14.2 Å². The van der Waals surface area contributed by atoms with Crippen molar-refractivity contribution in [2.75, 3.05) is 13.2 Å². The summed E-state index contributed by atoms with van der Waals surface area (Å²) in [6, 6.07) is 0. The summed E-state index contributed by atoms with van der Waals surface area (Å²) in [5.41, 5.74) is 0. The summed E-state index contributed by atoms with van der Waals surface area (Å²) in [7, 11) is 0. The minimum absolute atomic E-state index is 0.110. The van der Waals surface area contributed by atoms with Gasteiger partial charge in [0.25, 0.3) is 0 Å². The normalized spacial score (nSPS) is 13.4. The molecule has 0 N–H and O–H groups in total. The van der Waals surface area contributed by atoms with E-state index < -0.39 is 6.10 Å². The number of ether oxygens (including phenoxy) is 3. The fourth-order valence-corrected chi connectivity index (χ4v) is 8.26. The van der Waals surface area contributed by atoms with Gasteiger partial charge in [0.05, 0.1) is 0 Å². The first kappa shape index (κ1) is 76.5. The molecule has 0 radical (unpaired) electrons. The van der Waals surface area contributed by atoms with E-state index in [0.29, 0.717) is 12.8 Å². The summed E-state index contributed by atoms with van der Waals surface area (Å²) < 4.78 is 16.9. The maximum absolute atomic E-state index is 12.9. The third kappa shape index (κ3) is 65.3. The second-order valence-corrected chi connectivity index (χ2v) is 20.9. The first-order chi connectivity index (χ1) is 40.5. The average Bonchev–Trinajstić information content (AvgIpc) is 3.47. The van der Waals surface area contributed by atoms with Crippen molar-refractivity contribution in [2.45, 2.75) is 264 Å². The fourth-order valence-electron chi connectivity index (χ4n) is 8.26. The van der Waals surface area contributed by atoms with E-state index >= 15 is 0 Å². The molecule has 0 rings (SSSR count). The van der Waals surface area contributed by atoms with Crippen LogP contribution >= 0.6 is 0 Å². The minimum atomic E-state index is -0.816. The zero-order valence-corrected chi connectivity index (χ0v) is 52.4. The first-order valence-electron chi connectivity index (χ1n) is 32.8. The first-order valence-corrected chi connectivity index (χ1v) is 32.8. The number of hydrogen-bond donors (Lipinski definition) is 0. The Hall–Kier alpha value is -5.49. The lowest BCUT2D eigenvalue weighted by Gasteiger charge is -2.18. The number of unbranched alkanes of at least 4 members (excludes halogenated alkanes) is 16. The van der Waals surface area contributed by atoms with Crippen molar-refractivity contribution in [3.8, 4) is 0 Å². The molecule has 0 aliphatic carbocycles. The largest absolute Gasteiger partial charge is 0.462 e. The van der Waals surface area contributed by atoms with E-state index in [1.807, 2.05) is 0 Å². The van der Waals surface area contributed by atoms with Gasteiger partial charge in [-0.25, -0.2) is 0 Å². The third-order valence-corrected chi connectivity index (χ3v) is 13.1. The smallest absolute Gasteiger partial charge is 0.306 e. The topological polar surface area (TPSA) is 78.9 Å². The number of esters is 3. The quantitative estimate of drug-likeness (QED) is 0.0261. The van der Waals surface area contributed by atoms with Crippen molar-refractivity contribution < 1.29 is 28.6 Å². The molecule has 1 atom stereocenters. The number of rotatable bonds is 57. The average molecular weight is 1130 g/mol. The van der Waals surface area contributed by atoms with Crippen LogP contribution in [0.4, 0.5) is 0 Å². The molecule has 0 spiro atoms. The van der Waals surface area contributed by atoms with Crippen LogP contribution < -0.4 is 0 Å². The van der Waals surface area contributed by atoms with E-state index in [-0.39, 0.29) is 37.5 Å². The van der Waals surface area contributed by atoms with Crippen LogP contribution in [-0.2, 0) is 28.6 Å². The van der Waals surface area contributed by atoms with Crippen LogP contribution in [0.1, 0.15) is 258 Å². The lowest BCUT2D eigenvalue weighted by Crippen LogP contribution is -2.30. The molecule has 6 nitrogen and oxygen atoms in total. The zero-order valence-electron chi connectivity index (χ0n) is 52.4. The van der Waals surface area contributed by atoms with Crippen molar-refractivity contribution in [3.63, 3.8) is 0 Å². The van der Waals surface area contributed by atoms with Gasteiger partial charge in [0, 0.05) is 19.3 Å². The van der Waals surface area contributed by atoms with Gasteiger partial charge in [0.15, 0.2) is 6.10 Å². The molecule has 0 amide bonds. The second kappa shape index (κ2) is 68.0. The van der Waals surface area contributed by atoms with Crippen molar-refractivity contribution >= 4 is 17.9 Å². The molecule has 0 aromatic rings. The number of carbonyl (C=O) groups is 3. The molecular formula is C76H118O6. The summed E-state index contributed by atoms with van der Waals surface area (Å²) in [6.45, 7) is 6.31. The number of carbonyl (C=O) groups excluding carboxylic acids is 3. The van der Waals surface area contributed by atoms with Gasteiger partial charge in [-0.15, -0.1) is 0 Å². The maximum atomic E-state index is 12.9. The molecule has 0 aliphatic rings. The molecule has 0 saturated carbocycles. The standard InChI is InChI=1S/C76H118O6/c1-4-7-10-13-16-19-22-25-28-30-31-32-33-34-35-36-37-38-39-40-41-42-43-44-45-47-48-51-54-57-60-63-66-69-75(78)81-72-73(71-80-74(77)68-65-62-59-56-53-50-27-24-21-18-15-12-9-6-3)82-76(79)70-67-64-61-58-55-52-49-46-29-26-23-20-17-14-11-8-5-2/h7-8,10-11,15-20,24-29,31-32,34-35,37-38,40-41,43-44,47-49,52,73H,4-6,9,12-14,21-23,30,33,36,39,42,45-46,50-51,53-72H2,1-3H3/b10-7-,11-8-,18-15-,19-16-,20-17-,27-24-,28-25-,29-26-,32-31-,35-34-,38-37-,41-40-,44-43-,48-47-,52-49-. The Labute approximate surface area is 504 Å². The van der Waals surface area contributed by atoms with Gasteiger partial charge in [-0.05, 0) is 154 Å². The van der Waals surface area contributed by atoms with E-state index in [2.05, 4.69) is 203 Å². The monoisotopic (exact) mass is 1130 g/mol. The summed E-state index contributed by atoms with van der Waals surface area (Å²) in [4.78, 5) is 38.3. The highest BCUT2D eigenvalue weighted by Gasteiger charge is 2.19. The van der Waals surface area contributed by atoms with Crippen LogP contribution in [0.25, 0.3) is 0 Å². The van der Waals surface area contributed by atoms with Crippen molar-refractivity contribution in [1.82, 2.24) is 0 Å². The molecule has 0 bridgehead atoms. The van der Waals surface area contributed by atoms with Crippen molar-refractivity contribution in [1.29, 1.82) is 0 Å². The lowest BCUT2D eigenvalue weighted by atomic mass is 10.1. The summed E-state index contributed by atoms with van der Waals surface area (Å²) in [6.07, 6.45) is 102. The highest BCUT2D eigenvalue weighted by molar-refractivity contribution is 5.71. The summed E-state index contributed by atoms with van der Waals surface area (Å²) >= 11 is 0. The van der Waals surface area contributed by atoms with Gasteiger partial charge in [0.2, 0.25) is 0 Å². The van der Waals surface area contributed by atoms with E-state index in [1.54, 1.807) is 0 Å². The van der Waals surface area contributed by atoms with Crippen LogP contribution in [-0.4, -0.2) is 37.2 Å². The highest BCUT2D eigenvalue weighted by atomic mass is 16.6. The fraction of sp³-hybridized carbons (Fsp3) is 0.566. The number of allylic oxidation sites excluding steroid dienone is 30. The molecule has 0 aliphatic heterocycles.